The summed E-state index contributed by atoms with van der Waals surface area (Å²) in [4.78, 5) is 14.4. The Balaban J connectivity index is 2.18. The van der Waals surface area contributed by atoms with Crippen LogP contribution < -0.4 is 5.32 Å². The third-order valence-electron chi connectivity index (χ3n) is 3.14. The molecule has 1 aliphatic rings. The molecule has 1 saturated carbocycles. The van der Waals surface area contributed by atoms with E-state index >= 15 is 0 Å². The van der Waals surface area contributed by atoms with Crippen LogP contribution in [0.2, 0.25) is 0 Å². The first kappa shape index (κ1) is 10.9. The molecular weight excluding hydrogens is 206 g/mol. The quantitative estimate of drug-likeness (QED) is 0.629. The number of nitrogens with one attached hydrogen (secondary N) is 1. The molecule has 0 spiro atoms. The van der Waals surface area contributed by atoms with Gasteiger partial charge in [-0.2, -0.15) is 0 Å². The lowest BCUT2D eigenvalue weighted by atomic mass is 9.78. The second-order valence-corrected chi connectivity index (χ2v) is 4.60. The highest BCUT2D eigenvalue weighted by Gasteiger charge is 2.31. The third-order valence-corrected chi connectivity index (χ3v) is 3.14. The summed E-state index contributed by atoms with van der Waals surface area (Å²) < 4.78 is 0. The zero-order valence-corrected chi connectivity index (χ0v) is 9.49. The maximum absolute atomic E-state index is 10.6. The smallest absolute Gasteiger partial charge is 0.290 e. The molecule has 5 heteroatoms. The topological polar surface area (TPSA) is 68.1 Å². The lowest BCUT2D eigenvalue weighted by molar-refractivity contribution is -0.385. The summed E-state index contributed by atoms with van der Waals surface area (Å²) in [6.45, 7) is 3.81. The van der Waals surface area contributed by atoms with Crippen LogP contribution >= 0.6 is 0 Å². The van der Waals surface area contributed by atoms with Gasteiger partial charge in [-0.15, -0.1) is 0 Å². The number of pyridine rings is 1. The Kier molecular flexibility index (Phi) is 2.53. The van der Waals surface area contributed by atoms with E-state index in [1.54, 1.807) is 13.0 Å². The minimum atomic E-state index is -0.406. The highest BCUT2D eigenvalue weighted by atomic mass is 16.6. The Morgan fingerprint density at radius 2 is 2.19 bits per heavy atom. The fourth-order valence-electron chi connectivity index (χ4n) is 1.96. The number of aryl methyl sites for hydroxylation is 1. The van der Waals surface area contributed by atoms with Crippen LogP contribution in [0.25, 0.3) is 0 Å². The number of hydrogen-bond donors (Lipinski definition) is 1. The number of rotatable bonds is 3. The van der Waals surface area contributed by atoms with Gasteiger partial charge in [-0.3, -0.25) is 10.1 Å². The Morgan fingerprint density at radius 1 is 1.50 bits per heavy atom. The lowest BCUT2D eigenvalue weighted by Crippen LogP contribution is -2.41. The summed E-state index contributed by atoms with van der Waals surface area (Å²) in [5, 5.41) is 14.0. The third kappa shape index (κ3) is 1.98. The molecule has 5 nitrogen and oxygen atoms in total. The van der Waals surface area contributed by atoms with E-state index in [0.717, 1.165) is 18.7 Å². The summed E-state index contributed by atoms with van der Waals surface area (Å²) in [7, 11) is 0. The average molecular weight is 221 g/mol. The number of aromatic nitrogens is 1. The highest BCUT2D eigenvalue weighted by molar-refractivity contribution is 5.46. The van der Waals surface area contributed by atoms with Crippen LogP contribution in [-0.2, 0) is 0 Å². The van der Waals surface area contributed by atoms with Gasteiger partial charge in [0.2, 0.25) is 0 Å². The molecule has 1 aromatic heterocycles. The fourth-order valence-corrected chi connectivity index (χ4v) is 1.96. The Labute approximate surface area is 94.0 Å². The molecule has 0 bridgehead atoms. The predicted molar refractivity (Wildman–Crippen MR) is 61.5 cm³/mol. The first-order valence-electron chi connectivity index (χ1n) is 5.40. The minimum Gasteiger partial charge on any atom is -0.365 e. The second kappa shape index (κ2) is 3.73. The standard InChI is InChI=1S/C11H15N3O2/c1-8-9(14(15)16)4-5-10(12-8)13-11(2)6-3-7-11/h4-5H,3,6-7H2,1-2H3,(H,12,13). The summed E-state index contributed by atoms with van der Waals surface area (Å²) >= 11 is 0. The van der Waals surface area contributed by atoms with Gasteiger partial charge < -0.3 is 5.32 Å². The Hall–Kier alpha value is -1.65. The molecule has 86 valence electrons. The molecule has 0 radical (unpaired) electrons. The van der Waals surface area contributed by atoms with Crippen molar-refractivity contribution < 1.29 is 4.92 Å². The van der Waals surface area contributed by atoms with E-state index in [1.165, 1.54) is 12.5 Å². The van der Waals surface area contributed by atoms with Crippen LogP contribution in [0.4, 0.5) is 11.5 Å². The van der Waals surface area contributed by atoms with Crippen molar-refractivity contribution in [1.82, 2.24) is 4.98 Å². The fraction of sp³-hybridized carbons (Fsp3) is 0.545. The van der Waals surface area contributed by atoms with E-state index in [-0.39, 0.29) is 11.2 Å². The Bertz CT molecular complexity index is 427. The van der Waals surface area contributed by atoms with Crippen molar-refractivity contribution in [2.45, 2.75) is 38.6 Å². The van der Waals surface area contributed by atoms with Crippen LogP contribution in [0.5, 0.6) is 0 Å². The van der Waals surface area contributed by atoms with E-state index < -0.39 is 4.92 Å². The molecule has 0 saturated heterocycles. The van der Waals surface area contributed by atoms with Gasteiger partial charge in [-0.25, -0.2) is 4.98 Å². The van der Waals surface area contributed by atoms with Crippen LogP contribution in [-0.4, -0.2) is 15.4 Å². The van der Waals surface area contributed by atoms with Crippen molar-refractivity contribution in [3.05, 3.63) is 27.9 Å². The number of nitro groups is 1. The zero-order chi connectivity index (χ0) is 11.8. The van der Waals surface area contributed by atoms with E-state index in [9.17, 15) is 10.1 Å². The van der Waals surface area contributed by atoms with Crippen LogP contribution in [0.3, 0.4) is 0 Å². The van der Waals surface area contributed by atoms with Crippen molar-refractivity contribution >= 4 is 11.5 Å². The first-order chi connectivity index (χ1) is 7.50. The average Bonchev–Trinajstić information content (AvgIpc) is 2.14. The summed E-state index contributed by atoms with van der Waals surface area (Å²) in [6.07, 6.45) is 3.49. The molecule has 1 N–H and O–H groups in total. The highest BCUT2D eigenvalue weighted by Crippen LogP contribution is 2.34. The molecule has 1 heterocycles. The molecule has 1 aliphatic carbocycles. The van der Waals surface area contributed by atoms with Gasteiger partial charge in [0.1, 0.15) is 11.5 Å². The van der Waals surface area contributed by atoms with Gasteiger partial charge in [-0.1, -0.05) is 0 Å². The molecule has 0 unspecified atom stereocenters. The largest absolute Gasteiger partial charge is 0.365 e. The summed E-state index contributed by atoms with van der Waals surface area (Å²) in [5.74, 6) is 0.727. The van der Waals surface area contributed by atoms with Crippen LogP contribution in [0.15, 0.2) is 12.1 Å². The zero-order valence-electron chi connectivity index (χ0n) is 9.49. The van der Waals surface area contributed by atoms with Crippen molar-refractivity contribution in [3.63, 3.8) is 0 Å². The maximum atomic E-state index is 10.6. The predicted octanol–water partition coefficient (Wildman–Crippen LogP) is 2.65. The van der Waals surface area contributed by atoms with E-state index in [4.69, 9.17) is 0 Å². The van der Waals surface area contributed by atoms with Gasteiger partial charge in [0.25, 0.3) is 5.69 Å². The van der Waals surface area contributed by atoms with Crippen molar-refractivity contribution in [3.8, 4) is 0 Å². The molecule has 0 aromatic carbocycles. The molecule has 1 fully saturated rings. The van der Waals surface area contributed by atoms with Gasteiger partial charge in [0.05, 0.1) is 4.92 Å². The van der Waals surface area contributed by atoms with E-state index in [2.05, 4.69) is 17.2 Å². The van der Waals surface area contributed by atoms with Crippen LogP contribution in [0.1, 0.15) is 31.9 Å². The molecule has 1 aromatic rings. The normalized spacial score (nSPS) is 17.6. The lowest BCUT2D eigenvalue weighted by Gasteiger charge is -2.39. The number of nitrogens with zero attached hydrogens (tertiary/aromatic N) is 2. The number of anilines is 1. The van der Waals surface area contributed by atoms with Crippen molar-refractivity contribution in [2.75, 3.05) is 5.32 Å². The van der Waals surface area contributed by atoms with Gasteiger partial charge in [0.15, 0.2) is 0 Å². The minimum absolute atomic E-state index is 0.0734. The van der Waals surface area contributed by atoms with E-state index in [0.29, 0.717) is 5.69 Å². The molecule has 16 heavy (non-hydrogen) atoms. The molecule has 0 atom stereocenters. The SMILES string of the molecule is Cc1nc(NC2(C)CCC2)ccc1[N+](=O)[O-]. The van der Waals surface area contributed by atoms with Crippen molar-refractivity contribution in [1.29, 1.82) is 0 Å². The second-order valence-electron chi connectivity index (χ2n) is 4.60. The molecule has 2 rings (SSSR count). The monoisotopic (exact) mass is 221 g/mol. The van der Waals surface area contributed by atoms with Gasteiger partial charge in [-0.05, 0) is 39.2 Å². The first-order valence-corrected chi connectivity index (χ1v) is 5.40. The maximum Gasteiger partial charge on any atom is 0.290 e. The molecular formula is C11H15N3O2. The number of hydrogen-bond acceptors (Lipinski definition) is 4. The van der Waals surface area contributed by atoms with Gasteiger partial charge >= 0.3 is 0 Å². The van der Waals surface area contributed by atoms with Gasteiger partial charge in [0, 0.05) is 11.6 Å². The van der Waals surface area contributed by atoms with E-state index in [1.807, 2.05) is 0 Å². The van der Waals surface area contributed by atoms with Crippen LogP contribution in [0, 0.1) is 17.0 Å². The molecule has 0 amide bonds. The Morgan fingerprint density at radius 3 is 2.62 bits per heavy atom. The van der Waals surface area contributed by atoms with Crippen molar-refractivity contribution in [2.24, 2.45) is 0 Å². The molecule has 0 aliphatic heterocycles. The summed E-state index contributed by atoms with van der Waals surface area (Å²) in [5.41, 5.74) is 0.650. The summed E-state index contributed by atoms with van der Waals surface area (Å²) in [6, 6.07) is 3.18.